The Kier molecular flexibility index (Phi) is 7.27. The summed E-state index contributed by atoms with van der Waals surface area (Å²) in [6.07, 6.45) is 0.152. The minimum atomic E-state index is -0.692. The zero-order valence-corrected chi connectivity index (χ0v) is 20.0. The van der Waals surface area contributed by atoms with E-state index < -0.39 is 30.0 Å². The maximum atomic E-state index is 15.0. The fraction of sp³-hybridized carbons (Fsp3) is 0.348. The first kappa shape index (κ1) is 24.6. The molecule has 3 aromatic rings. The summed E-state index contributed by atoms with van der Waals surface area (Å²) in [5.41, 5.74) is 1.63. The van der Waals surface area contributed by atoms with Gasteiger partial charge >= 0.3 is 12.1 Å². The van der Waals surface area contributed by atoms with Crippen LogP contribution in [0.15, 0.2) is 40.9 Å². The molecule has 0 spiro atoms. The summed E-state index contributed by atoms with van der Waals surface area (Å²) < 4.78 is 30.8. The van der Waals surface area contributed by atoms with Crippen LogP contribution in [-0.2, 0) is 14.3 Å². The molecule has 10 nitrogen and oxygen atoms in total. The average molecular weight is 504 g/mol. The molecule has 0 unspecified atom stereocenters. The molecule has 12 heteroatoms. The topological polar surface area (TPSA) is 120 Å². The van der Waals surface area contributed by atoms with Crippen LogP contribution in [0.5, 0.6) is 0 Å². The molecule has 1 saturated heterocycles. The maximum Gasteiger partial charge on any atom is 0.414 e. The lowest BCUT2D eigenvalue weighted by Gasteiger charge is -2.18. The number of ether oxygens (including phenoxy) is 2. The first-order valence-corrected chi connectivity index (χ1v) is 11.2. The van der Waals surface area contributed by atoms with Gasteiger partial charge in [-0.05, 0) is 42.0 Å². The number of amides is 1. The number of anilines is 1. The van der Waals surface area contributed by atoms with Gasteiger partial charge in [-0.3, -0.25) is 14.7 Å². The van der Waals surface area contributed by atoms with E-state index in [9.17, 15) is 14.0 Å². The molecule has 35 heavy (non-hydrogen) atoms. The Hall–Kier alpha value is -3.57. The highest BCUT2D eigenvalue weighted by atomic mass is 35.5. The first-order chi connectivity index (χ1) is 16.8. The number of hydrogen-bond donors (Lipinski definition) is 1. The normalized spacial score (nSPS) is 16.5. The molecule has 0 saturated carbocycles. The highest BCUT2D eigenvalue weighted by molar-refractivity contribution is 6.14. The number of esters is 1. The molecule has 1 fully saturated rings. The number of cyclic esters (lactones) is 1. The number of aryl methyl sites for hydroxylation is 1. The van der Waals surface area contributed by atoms with Gasteiger partial charge in [0.05, 0.1) is 12.2 Å². The molecular formula is C23H23ClFN5O5. The van der Waals surface area contributed by atoms with Gasteiger partial charge in [-0.15, -0.1) is 10.2 Å². The summed E-state index contributed by atoms with van der Waals surface area (Å²) in [5.74, 6) is -0.481. The van der Waals surface area contributed by atoms with Crippen molar-refractivity contribution in [1.82, 2.24) is 20.0 Å². The largest absolute Gasteiger partial charge is 0.460 e. The molecule has 184 valence electrons. The van der Waals surface area contributed by atoms with E-state index in [1.165, 1.54) is 17.2 Å². The molecule has 1 N–H and O–H groups in total. The van der Waals surface area contributed by atoms with E-state index in [4.69, 9.17) is 25.7 Å². The van der Waals surface area contributed by atoms with E-state index in [0.29, 0.717) is 28.4 Å². The van der Waals surface area contributed by atoms with Gasteiger partial charge in [0.15, 0.2) is 6.10 Å². The lowest BCUT2D eigenvalue weighted by atomic mass is 10.1. The minimum absolute atomic E-state index is 0.0847. The highest BCUT2D eigenvalue weighted by Crippen LogP contribution is 2.30. The van der Waals surface area contributed by atoms with Crippen molar-refractivity contribution in [2.24, 2.45) is 5.92 Å². The Morgan fingerprint density at radius 3 is 2.71 bits per heavy atom. The van der Waals surface area contributed by atoms with Crippen molar-refractivity contribution in [3.63, 3.8) is 0 Å². The molecule has 2 aromatic heterocycles. The van der Waals surface area contributed by atoms with Crippen molar-refractivity contribution in [2.75, 3.05) is 18.1 Å². The van der Waals surface area contributed by atoms with Crippen molar-refractivity contribution < 1.29 is 27.9 Å². The Labute approximate surface area is 205 Å². The van der Waals surface area contributed by atoms with Gasteiger partial charge in [-0.2, -0.15) is 0 Å². The summed E-state index contributed by atoms with van der Waals surface area (Å²) >= 11 is 5.59. The van der Waals surface area contributed by atoms with E-state index in [1.54, 1.807) is 31.2 Å². The number of pyridine rings is 1. The van der Waals surface area contributed by atoms with Crippen molar-refractivity contribution in [2.45, 2.75) is 32.9 Å². The summed E-state index contributed by atoms with van der Waals surface area (Å²) in [6, 6.07) is 7.06. The number of carbonyl (C=O) groups excluding carboxylic acids is 2. The standard InChI is InChI=1S/C23H23ClFN5O5/c1-12(2)20(27-24)22(31)33-11-16-10-30(23(32)35-16)15-5-6-17(18(25)8-15)14-4-7-19(26-9-14)21-29-28-13(3)34-21/h4-9,12,16,20,27H,10-11H2,1-3H3/t16-,20+/m1/s1. The molecule has 1 aliphatic heterocycles. The summed E-state index contributed by atoms with van der Waals surface area (Å²) in [5, 5.41) is 7.67. The molecule has 4 rings (SSSR count). The number of carbonyl (C=O) groups is 2. The number of nitrogens with zero attached hydrogens (tertiary/aromatic N) is 4. The SMILES string of the molecule is Cc1nnc(-c2ccc(-c3ccc(N4C[C@H](COC(=O)[C@@H](NCl)C(C)C)OC4=O)cc3F)cn2)o1. The third kappa shape index (κ3) is 5.41. The second kappa shape index (κ2) is 10.4. The van der Waals surface area contributed by atoms with Crippen molar-refractivity contribution in [1.29, 1.82) is 0 Å². The van der Waals surface area contributed by atoms with Gasteiger partial charge in [0.2, 0.25) is 5.89 Å². The molecule has 0 aliphatic carbocycles. The number of halogens is 2. The number of aromatic nitrogens is 3. The third-order valence-electron chi connectivity index (χ3n) is 5.41. The second-order valence-electron chi connectivity index (χ2n) is 8.30. The van der Waals surface area contributed by atoms with E-state index in [1.807, 2.05) is 13.8 Å². The molecule has 3 heterocycles. The van der Waals surface area contributed by atoms with Gasteiger partial charge in [-0.25, -0.2) is 14.0 Å². The predicted octanol–water partition coefficient (Wildman–Crippen LogP) is 3.88. The van der Waals surface area contributed by atoms with Crippen LogP contribution in [0, 0.1) is 18.7 Å². The van der Waals surface area contributed by atoms with Gasteiger partial charge < -0.3 is 13.9 Å². The smallest absolute Gasteiger partial charge is 0.414 e. The lowest BCUT2D eigenvalue weighted by molar-refractivity contribution is -0.149. The van der Waals surface area contributed by atoms with Crippen LogP contribution in [0.3, 0.4) is 0 Å². The molecule has 0 bridgehead atoms. The fourth-order valence-corrected chi connectivity index (χ4v) is 3.85. The number of nitrogens with one attached hydrogen (secondary N) is 1. The Morgan fingerprint density at radius 1 is 1.31 bits per heavy atom. The summed E-state index contributed by atoms with van der Waals surface area (Å²) in [4.78, 5) is 32.4. The van der Waals surface area contributed by atoms with Gasteiger partial charge in [-0.1, -0.05) is 19.9 Å². The molecule has 1 amide bonds. The average Bonchev–Trinajstić information content (AvgIpc) is 3.43. The van der Waals surface area contributed by atoms with Gasteiger partial charge in [0, 0.05) is 24.2 Å². The van der Waals surface area contributed by atoms with Crippen molar-refractivity contribution in [3.05, 3.63) is 48.2 Å². The van der Waals surface area contributed by atoms with Crippen LogP contribution >= 0.6 is 11.8 Å². The summed E-state index contributed by atoms with van der Waals surface area (Å²) in [7, 11) is 0. The quantitative estimate of drug-likeness (QED) is 0.360. The van der Waals surface area contributed by atoms with E-state index in [0.717, 1.165) is 0 Å². The van der Waals surface area contributed by atoms with Crippen molar-refractivity contribution in [3.8, 4) is 22.7 Å². The third-order valence-corrected chi connectivity index (χ3v) is 5.64. The lowest BCUT2D eigenvalue weighted by Crippen LogP contribution is -2.38. The minimum Gasteiger partial charge on any atom is -0.460 e. The van der Waals surface area contributed by atoms with Crippen LogP contribution < -0.4 is 9.74 Å². The molecule has 0 radical (unpaired) electrons. The van der Waals surface area contributed by atoms with E-state index in [-0.39, 0.29) is 25.0 Å². The summed E-state index contributed by atoms with van der Waals surface area (Å²) in [6.45, 7) is 5.27. The second-order valence-corrected chi connectivity index (χ2v) is 8.52. The van der Waals surface area contributed by atoms with Crippen LogP contribution in [-0.4, -0.2) is 52.5 Å². The fourth-order valence-electron chi connectivity index (χ4n) is 3.51. The molecule has 1 aromatic carbocycles. The van der Waals surface area contributed by atoms with E-state index in [2.05, 4.69) is 20.0 Å². The molecule has 1 aliphatic rings. The monoisotopic (exact) mass is 503 g/mol. The van der Waals surface area contributed by atoms with Crippen molar-refractivity contribution >= 4 is 29.5 Å². The predicted molar refractivity (Wildman–Crippen MR) is 124 cm³/mol. The van der Waals surface area contributed by atoms with Crippen LogP contribution in [0.25, 0.3) is 22.7 Å². The molecule has 2 atom stereocenters. The van der Waals surface area contributed by atoms with Crippen LogP contribution in [0.1, 0.15) is 19.7 Å². The molecular weight excluding hydrogens is 481 g/mol. The zero-order chi connectivity index (χ0) is 25.1. The highest BCUT2D eigenvalue weighted by Gasteiger charge is 2.34. The van der Waals surface area contributed by atoms with Gasteiger partial charge in [0.1, 0.15) is 24.2 Å². The zero-order valence-electron chi connectivity index (χ0n) is 19.2. The van der Waals surface area contributed by atoms with Crippen LogP contribution in [0.2, 0.25) is 0 Å². The van der Waals surface area contributed by atoms with Crippen LogP contribution in [0.4, 0.5) is 14.9 Å². The number of rotatable bonds is 8. The first-order valence-electron chi connectivity index (χ1n) is 10.8. The van der Waals surface area contributed by atoms with E-state index >= 15 is 0 Å². The van der Waals surface area contributed by atoms with Gasteiger partial charge in [0.25, 0.3) is 5.89 Å². The maximum absolute atomic E-state index is 15.0. The Bertz CT molecular complexity index is 1220. The Morgan fingerprint density at radius 2 is 2.11 bits per heavy atom. The Balaban J connectivity index is 1.42. The number of hydrogen-bond acceptors (Lipinski definition) is 9. The number of benzene rings is 1.